The summed E-state index contributed by atoms with van der Waals surface area (Å²) >= 11 is 0. The maximum Gasteiger partial charge on any atom is 0.310 e. The van der Waals surface area contributed by atoms with Crippen molar-refractivity contribution in [1.29, 1.82) is 0 Å². The van der Waals surface area contributed by atoms with E-state index in [-0.39, 0.29) is 5.75 Å². The van der Waals surface area contributed by atoms with Gasteiger partial charge in [0.1, 0.15) is 5.75 Å². The van der Waals surface area contributed by atoms with Crippen molar-refractivity contribution >= 4 is 11.5 Å². The molecule has 0 saturated carbocycles. The van der Waals surface area contributed by atoms with Crippen molar-refractivity contribution in [3.63, 3.8) is 0 Å². The Labute approximate surface area is 117 Å². The highest BCUT2D eigenvalue weighted by molar-refractivity contribution is 5.86. The second-order valence-corrected chi connectivity index (χ2v) is 4.64. The maximum absolute atomic E-state index is 11.2. The molecule has 3 heteroatoms. The van der Waals surface area contributed by atoms with Crippen molar-refractivity contribution in [2.75, 3.05) is 0 Å². The Bertz CT molecular complexity index is 659. The molecule has 0 spiro atoms. The normalized spacial score (nSPS) is 11.8. The van der Waals surface area contributed by atoms with Crippen LogP contribution in [0.3, 0.4) is 0 Å². The monoisotopic (exact) mass is 268 g/mol. The summed E-state index contributed by atoms with van der Waals surface area (Å²) < 4.78 is 0. The van der Waals surface area contributed by atoms with Gasteiger partial charge in [0.2, 0.25) is 0 Å². The standard InChI is InChI=1S/C17H16O3/c1-11(15-9-5-6-10-16(15)18)13-7-3-4-8-14(13)12(2)17(19)20/h3-10,12,18H,1H2,2H3,(H,19,20). The Balaban J connectivity index is 2.51. The first-order valence-electron chi connectivity index (χ1n) is 6.31. The van der Waals surface area contributed by atoms with E-state index in [1.807, 2.05) is 18.2 Å². The van der Waals surface area contributed by atoms with Crippen molar-refractivity contribution in [3.05, 3.63) is 71.8 Å². The van der Waals surface area contributed by atoms with Crippen molar-refractivity contribution in [2.45, 2.75) is 12.8 Å². The Hall–Kier alpha value is -2.55. The van der Waals surface area contributed by atoms with Gasteiger partial charge in [-0.05, 0) is 29.7 Å². The minimum absolute atomic E-state index is 0.135. The molecule has 2 aromatic rings. The third kappa shape index (κ3) is 2.57. The van der Waals surface area contributed by atoms with Crippen molar-refractivity contribution in [1.82, 2.24) is 0 Å². The van der Waals surface area contributed by atoms with Gasteiger partial charge in [0.05, 0.1) is 5.92 Å². The van der Waals surface area contributed by atoms with Crippen molar-refractivity contribution in [2.24, 2.45) is 0 Å². The molecule has 0 aliphatic carbocycles. The number of phenols is 1. The minimum Gasteiger partial charge on any atom is -0.507 e. The number of carboxylic acid groups (broad SMARTS) is 1. The summed E-state index contributed by atoms with van der Waals surface area (Å²) in [5.41, 5.74) is 2.65. The molecule has 0 saturated heterocycles. The molecule has 2 rings (SSSR count). The molecule has 2 N–H and O–H groups in total. The van der Waals surface area contributed by atoms with E-state index >= 15 is 0 Å². The van der Waals surface area contributed by atoms with Gasteiger partial charge >= 0.3 is 5.97 Å². The molecule has 0 aromatic heterocycles. The lowest BCUT2D eigenvalue weighted by molar-refractivity contribution is -0.138. The van der Waals surface area contributed by atoms with Crippen LogP contribution in [-0.4, -0.2) is 16.2 Å². The molecule has 2 aromatic carbocycles. The topological polar surface area (TPSA) is 57.5 Å². The Morgan fingerprint density at radius 2 is 1.60 bits per heavy atom. The van der Waals surface area contributed by atoms with Crippen LogP contribution in [-0.2, 0) is 4.79 Å². The highest BCUT2D eigenvalue weighted by Gasteiger charge is 2.19. The number of benzene rings is 2. The van der Waals surface area contributed by atoms with Crippen LogP contribution in [0.4, 0.5) is 0 Å². The largest absolute Gasteiger partial charge is 0.507 e. The molecule has 0 aliphatic heterocycles. The zero-order chi connectivity index (χ0) is 14.7. The molecule has 102 valence electrons. The maximum atomic E-state index is 11.2. The molecule has 0 bridgehead atoms. The fourth-order valence-corrected chi connectivity index (χ4v) is 2.16. The van der Waals surface area contributed by atoms with Crippen molar-refractivity contribution in [3.8, 4) is 5.75 Å². The first kappa shape index (κ1) is 13.9. The number of carboxylic acids is 1. The van der Waals surface area contributed by atoms with Crippen LogP contribution in [0, 0.1) is 0 Å². The number of para-hydroxylation sites is 1. The lowest BCUT2D eigenvalue weighted by Gasteiger charge is -2.16. The molecule has 1 unspecified atom stereocenters. The van der Waals surface area contributed by atoms with Gasteiger partial charge in [-0.2, -0.15) is 0 Å². The van der Waals surface area contributed by atoms with Crippen molar-refractivity contribution < 1.29 is 15.0 Å². The van der Waals surface area contributed by atoms with Gasteiger partial charge in [-0.3, -0.25) is 4.79 Å². The Morgan fingerprint density at radius 1 is 1.05 bits per heavy atom. The highest BCUT2D eigenvalue weighted by Crippen LogP contribution is 2.33. The second-order valence-electron chi connectivity index (χ2n) is 4.64. The number of aromatic hydroxyl groups is 1. The van der Waals surface area contributed by atoms with Crippen LogP contribution in [0.5, 0.6) is 5.75 Å². The number of aliphatic carboxylic acids is 1. The van der Waals surface area contributed by atoms with Crippen LogP contribution in [0.1, 0.15) is 29.5 Å². The quantitative estimate of drug-likeness (QED) is 0.890. The average Bonchev–Trinajstić information content (AvgIpc) is 2.46. The molecule has 0 fully saturated rings. The number of hydrogen-bond acceptors (Lipinski definition) is 2. The van der Waals surface area contributed by atoms with Crippen LogP contribution in [0.2, 0.25) is 0 Å². The summed E-state index contributed by atoms with van der Waals surface area (Å²) in [6, 6.07) is 14.1. The molecular formula is C17H16O3. The smallest absolute Gasteiger partial charge is 0.310 e. The van der Waals surface area contributed by atoms with E-state index in [2.05, 4.69) is 6.58 Å². The Morgan fingerprint density at radius 3 is 2.20 bits per heavy atom. The van der Waals surface area contributed by atoms with Crippen LogP contribution >= 0.6 is 0 Å². The average molecular weight is 268 g/mol. The lowest BCUT2D eigenvalue weighted by atomic mass is 9.89. The van der Waals surface area contributed by atoms with Gasteiger partial charge < -0.3 is 10.2 Å². The van der Waals surface area contributed by atoms with E-state index in [0.29, 0.717) is 16.7 Å². The zero-order valence-corrected chi connectivity index (χ0v) is 11.2. The van der Waals surface area contributed by atoms with Gasteiger partial charge in [0.25, 0.3) is 0 Å². The summed E-state index contributed by atoms with van der Waals surface area (Å²) in [5, 5.41) is 19.1. The lowest BCUT2D eigenvalue weighted by Crippen LogP contribution is -2.09. The third-order valence-electron chi connectivity index (χ3n) is 3.35. The van der Waals surface area contributed by atoms with Gasteiger partial charge in [-0.1, -0.05) is 49.0 Å². The van der Waals surface area contributed by atoms with E-state index in [0.717, 1.165) is 5.56 Å². The third-order valence-corrected chi connectivity index (χ3v) is 3.35. The summed E-state index contributed by atoms with van der Waals surface area (Å²) in [6.07, 6.45) is 0. The summed E-state index contributed by atoms with van der Waals surface area (Å²) in [7, 11) is 0. The van der Waals surface area contributed by atoms with Crippen LogP contribution < -0.4 is 0 Å². The van der Waals surface area contributed by atoms with Gasteiger partial charge in [-0.25, -0.2) is 0 Å². The first-order valence-corrected chi connectivity index (χ1v) is 6.31. The minimum atomic E-state index is -0.887. The van der Waals surface area contributed by atoms with Crippen LogP contribution in [0.25, 0.3) is 5.57 Å². The highest BCUT2D eigenvalue weighted by atomic mass is 16.4. The molecule has 0 radical (unpaired) electrons. The summed E-state index contributed by atoms with van der Waals surface area (Å²) in [4.78, 5) is 11.2. The molecule has 0 aliphatic rings. The van der Waals surface area contributed by atoms with E-state index in [9.17, 15) is 15.0 Å². The summed E-state index contributed by atoms with van der Waals surface area (Å²) in [5.74, 6) is -1.38. The molecule has 20 heavy (non-hydrogen) atoms. The fourth-order valence-electron chi connectivity index (χ4n) is 2.16. The van der Waals surface area contributed by atoms with E-state index < -0.39 is 11.9 Å². The number of phenolic OH excluding ortho intramolecular Hbond substituents is 1. The van der Waals surface area contributed by atoms with E-state index in [1.54, 1.807) is 37.3 Å². The predicted octanol–water partition coefficient (Wildman–Crippen LogP) is 3.64. The number of carbonyl (C=O) groups is 1. The fraction of sp³-hybridized carbons (Fsp3) is 0.118. The molecule has 1 atom stereocenters. The molecule has 0 heterocycles. The summed E-state index contributed by atoms with van der Waals surface area (Å²) in [6.45, 7) is 5.64. The second kappa shape index (κ2) is 5.61. The van der Waals surface area contributed by atoms with E-state index in [4.69, 9.17) is 0 Å². The molecular weight excluding hydrogens is 252 g/mol. The predicted molar refractivity (Wildman–Crippen MR) is 78.7 cm³/mol. The van der Waals surface area contributed by atoms with Crippen LogP contribution in [0.15, 0.2) is 55.1 Å². The molecule has 0 amide bonds. The number of rotatable bonds is 4. The SMILES string of the molecule is C=C(c1ccccc1O)c1ccccc1C(C)C(=O)O. The zero-order valence-electron chi connectivity index (χ0n) is 11.2. The Kier molecular flexibility index (Phi) is 3.89. The first-order chi connectivity index (χ1) is 9.52. The van der Waals surface area contributed by atoms with Gasteiger partial charge in [0.15, 0.2) is 0 Å². The number of hydrogen-bond donors (Lipinski definition) is 2. The van der Waals surface area contributed by atoms with E-state index in [1.165, 1.54) is 0 Å². The molecule has 3 nitrogen and oxygen atoms in total. The van der Waals surface area contributed by atoms with Gasteiger partial charge in [0, 0.05) is 5.56 Å². The van der Waals surface area contributed by atoms with Gasteiger partial charge in [-0.15, -0.1) is 0 Å².